The number of carbonyl (C=O) groups is 1. The molecule has 17 heavy (non-hydrogen) atoms. The molecule has 0 radical (unpaired) electrons. The van der Waals surface area contributed by atoms with Crippen LogP contribution in [0.1, 0.15) is 33.1 Å². The summed E-state index contributed by atoms with van der Waals surface area (Å²) in [4.78, 5) is 18.0. The van der Waals surface area contributed by atoms with Crippen LogP contribution < -0.4 is 5.32 Å². The summed E-state index contributed by atoms with van der Waals surface area (Å²) in [5, 5.41) is 3.68. The molecule has 0 aliphatic carbocycles. The SMILES string of the molecule is CC[C@H]1CCN2CC[C@H](CSC(C)=O)NC2=N1. The Balaban J connectivity index is 1.91. The second-order valence-corrected chi connectivity index (χ2v) is 5.92. The van der Waals surface area contributed by atoms with E-state index in [9.17, 15) is 4.79 Å². The number of nitrogens with zero attached hydrogens (tertiary/aromatic N) is 2. The quantitative estimate of drug-likeness (QED) is 0.829. The highest BCUT2D eigenvalue weighted by molar-refractivity contribution is 8.13. The summed E-state index contributed by atoms with van der Waals surface area (Å²) >= 11 is 1.41. The molecule has 0 saturated carbocycles. The van der Waals surface area contributed by atoms with Crippen molar-refractivity contribution >= 4 is 22.8 Å². The van der Waals surface area contributed by atoms with Gasteiger partial charge in [-0.2, -0.15) is 0 Å². The number of hydrogen-bond acceptors (Lipinski definition) is 5. The molecule has 2 aliphatic rings. The molecule has 96 valence electrons. The molecule has 0 bridgehead atoms. The van der Waals surface area contributed by atoms with Gasteiger partial charge in [0, 0.05) is 31.8 Å². The molecular formula is C12H21N3OS. The highest BCUT2D eigenvalue weighted by Gasteiger charge is 2.27. The van der Waals surface area contributed by atoms with E-state index in [1.165, 1.54) is 18.2 Å². The minimum absolute atomic E-state index is 0.200. The number of fused-ring (bicyclic) bond motifs is 1. The zero-order valence-electron chi connectivity index (χ0n) is 10.6. The topological polar surface area (TPSA) is 44.7 Å². The number of thioether (sulfide) groups is 1. The standard InChI is InChI=1S/C12H21N3OS/c1-3-10-4-6-15-7-5-11(8-17-9(2)16)14-12(15)13-10/h10-11H,3-8H2,1-2H3,(H,13,14)/t10-,11+/m0/s1. The highest BCUT2D eigenvalue weighted by Crippen LogP contribution is 2.18. The lowest BCUT2D eigenvalue weighted by Crippen LogP contribution is -2.56. The first kappa shape index (κ1) is 12.7. The van der Waals surface area contributed by atoms with Gasteiger partial charge in [-0.15, -0.1) is 0 Å². The van der Waals surface area contributed by atoms with Gasteiger partial charge in [-0.1, -0.05) is 18.7 Å². The summed E-state index contributed by atoms with van der Waals surface area (Å²) in [6.45, 7) is 6.02. The van der Waals surface area contributed by atoms with Crippen molar-refractivity contribution in [1.29, 1.82) is 0 Å². The van der Waals surface area contributed by atoms with Crippen molar-refractivity contribution in [3.8, 4) is 0 Å². The van der Waals surface area contributed by atoms with Crippen LogP contribution in [0.25, 0.3) is 0 Å². The summed E-state index contributed by atoms with van der Waals surface area (Å²) in [6.07, 6.45) is 3.40. The lowest BCUT2D eigenvalue weighted by Gasteiger charge is -2.39. The fourth-order valence-corrected chi connectivity index (χ4v) is 2.97. The van der Waals surface area contributed by atoms with Crippen LogP contribution in [0.5, 0.6) is 0 Å². The molecule has 0 aromatic rings. The molecule has 0 aromatic carbocycles. The van der Waals surface area contributed by atoms with E-state index in [4.69, 9.17) is 4.99 Å². The van der Waals surface area contributed by atoms with E-state index in [1.807, 2.05) is 0 Å². The summed E-state index contributed by atoms with van der Waals surface area (Å²) in [5.74, 6) is 1.92. The Hall–Kier alpha value is -0.710. The maximum absolute atomic E-state index is 11.0. The molecule has 0 spiro atoms. The third kappa shape index (κ3) is 3.37. The van der Waals surface area contributed by atoms with Crippen molar-refractivity contribution in [3.05, 3.63) is 0 Å². The van der Waals surface area contributed by atoms with Crippen LogP contribution in [0.15, 0.2) is 4.99 Å². The molecule has 1 saturated heterocycles. The minimum Gasteiger partial charge on any atom is -0.353 e. The third-order valence-electron chi connectivity index (χ3n) is 3.38. The largest absolute Gasteiger partial charge is 0.353 e. The van der Waals surface area contributed by atoms with Crippen molar-refractivity contribution in [2.75, 3.05) is 18.8 Å². The average Bonchev–Trinajstić information content (AvgIpc) is 2.35. The number of hydrogen-bond donors (Lipinski definition) is 1. The first-order valence-corrected chi connectivity index (χ1v) is 7.40. The van der Waals surface area contributed by atoms with E-state index >= 15 is 0 Å². The molecule has 4 nitrogen and oxygen atoms in total. The van der Waals surface area contributed by atoms with Crippen LogP contribution in [-0.2, 0) is 4.79 Å². The van der Waals surface area contributed by atoms with Crippen molar-refractivity contribution in [2.45, 2.75) is 45.2 Å². The van der Waals surface area contributed by atoms with E-state index in [0.29, 0.717) is 12.1 Å². The van der Waals surface area contributed by atoms with Gasteiger partial charge in [-0.25, -0.2) is 4.99 Å². The number of guanidine groups is 1. The first-order chi connectivity index (χ1) is 8.19. The van der Waals surface area contributed by atoms with Gasteiger partial charge in [0.05, 0.1) is 6.04 Å². The van der Waals surface area contributed by atoms with Crippen LogP contribution in [-0.4, -0.2) is 46.9 Å². The number of aliphatic imine (C=N–C) groups is 1. The number of carbonyl (C=O) groups excluding carboxylic acids is 1. The van der Waals surface area contributed by atoms with Crippen LogP contribution in [0.2, 0.25) is 0 Å². The normalized spacial score (nSPS) is 28.1. The third-order valence-corrected chi connectivity index (χ3v) is 4.35. The predicted molar refractivity (Wildman–Crippen MR) is 72.4 cm³/mol. The summed E-state index contributed by atoms with van der Waals surface area (Å²) in [7, 11) is 0. The first-order valence-electron chi connectivity index (χ1n) is 6.41. The molecule has 5 heteroatoms. The van der Waals surface area contributed by atoms with Crippen LogP contribution in [0.3, 0.4) is 0 Å². The zero-order valence-corrected chi connectivity index (χ0v) is 11.4. The summed E-state index contributed by atoms with van der Waals surface area (Å²) < 4.78 is 0. The molecule has 2 heterocycles. The second-order valence-electron chi connectivity index (χ2n) is 4.72. The Bertz CT molecular complexity index is 319. The van der Waals surface area contributed by atoms with E-state index in [-0.39, 0.29) is 5.12 Å². The maximum atomic E-state index is 11.0. The maximum Gasteiger partial charge on any atom is 0.194 e. The van der Waals surface area contributed by atoms with Gasteiger partial charge >= 0.3 is 0 Å². The van der Waals surface area contributed by atoms with Crippen molar-refractivity contribution < 1.29 is 4.79 Å². The van der Waals surface area contributed by atoms with E-state index in [1.54, 1.807) is 6.92 Å². The minimum atomic E-state index is 0.200. The van der Waals surface area contributed by atoms with E-state index < -0.39 is 0 Å². The van der Waals surface area contributed by atoms with Crippen molar-refractivity contribution in [1.82, 2.24) is 10.2 Å². The molecule has 2 aliphatic heterocycles. The average molecular weight is 255 g/mol. The molecule has 0 aromatic heterocycles. The van der Waals surface area contributed by atoms with Gasteiger partial charge in [0.1, 0.15) is 0 Å². The smallest absolute Gasteiger partial charge is 0.194 e. The van der Waals surface area contributed by atoms with Gasteiger partial charge in [-0.3, -0.25) is 4.79 Å². The summed E-state index contributed by atoms with van der Waals surface area (Å²) in [6, 6.07) is 0.877. The number of rotatable bonds is 3. The van der Waals surface area contributed by atoms with Crippen LogP contribution in [0, 0.1) is 0 Å². The van der Waals surface area contributed by atoms with E-state index in [0.717, 1.165) is 37.6 Å². The fourth-order valence-electron chi connectivity index (χ4n) is 2.28. The lowest BCUT2D eigenvalue weighted by atomic mass is 10.1. The van der Waals surface area contributed by atoms with E-state index in [2.05, 4.69) is 17.1 Å². The Morgan fingerprint density at radius 1 is 1.53 bits per heavy atom. The van der Waals surface area contributed by atoms with Gasteiger partial charge in [-0.05, 0) is 19.3 Å². The zero-order chi connectivity index (χ0) is 12.3. The van der Waals surface area contributed by atoms with Gasteiger partial charge in [0.2, 0.25) is 0 Å². The lowest BCUT2D eigenvalue weighted by molar-refractivity contribution is -0.109. The molecular weight excluding hydrogens is 234 g/mol. The highest BCUT2D eigenvalue weighted by atomic mass is 32.2. The number of nitrogens with one attached hydrogen (secondary N) is 1. The molecule has 1 N–H and O–H groups in total. The fraction of sp³-hybridized carbons (Fsp3) is 0.833. The van der Waals surface area contributed by atoms with Crippen molar-refractivity contribution in [3.63, 3.8) is 0 Å². The monoisotopic (exact) mass is 255 g/mol. The second kappa shape index (κ2) is 5.76. The Morgan fingerprint density at radius 2 is 2.29 bits per heavy atom. The van der Waals surface area contributed by atoms with Gasteiger partial charge < -0.3 is 10.2 Å². The summed E-state index contributed by atoms with van der Waals surface area (Å²) in [5.41, 5.74) is 0. The van der Waals surface area contributed by atoms with Crippen molar-refractivity contribution in [2.24, 2.45) is 4.99 Å². The Labute approximate surface area is 107 Å². The molecule has 1 fully saturated rings. The molecule has 2 rings (SSSR count). The predicted octanol–water partition coefficient (Wildman–Crippen LogP) is 1.47. The Kier molecular flexibility index (Phi) is 4.31. The van der Waals surface area contributed by atoms with Gasteiger partial charge in [0.25, 0.3) is 0 Å². The van der Waals surface area contributed by atoms with Crippen LogP contribution >= 0.6 is 11.8 Å². The Morgan fingerprint density at radius 3 is 3.00 bits per heavy atom. The molecule has 0 unspecified atom stereocenters. The molecule has 0 amide bonds. The van der Waals surface area contributed by atoms with Gasteiger partial charge in [0.15, 0.2) is 11.1 Å². The van der Waals surface area contributed by atoms with Crippen LogP contribution in [0.4, 0.5) is 0 Å². The molecule has 2 atom stereocenters.